The molecule has 38 heavy (non-hydrogen) atoms. The van der Waals surface area contributed by atoms with Crippen molar-refractivity contribution in [2.45, 2.75) is 39.0 Å². The molecule has 0 unspecified atom stereocenters. The molecule has 198 valence electrons. The first-order valence-corrected chi connectivity index (χ1v) is 15.5. The minimum atomic E-state index is -2.22. The standard InChI is InChI=1S/C33H37O4P/c1-25-29(31(35)33(37-3)32(36-2)30(25)34)23-15-4-5-16-24-38(26-17-9-6-10-18-26,27-19-11-7-12-20-27)28-21-13-8-14-22-28/h6-14,17-22,38H,4-5,15-16,23-24H2,1-3H3. The van der Waals surface area contributed by atoms with Gasteiger partial charge in [-0.25, -0.2) is 0 Å². The molecule has 4 rings (SSSR count). The number of carbonyl (C=O) groups is 2. The molecule has 3 aromatic carbocycles. The fourth-order valence-electron chi connectivity index (χ4n) is 5.64. The third-order valence-electron chi connectivity index (χ3n) is 7.62. The molecule has 0 bridgehead atoms. The van der Waals surface area contributed by atoms with Crippen molar-refractivity contribution < 1.29 is 19.1 Å². The Hall–Kier alpha value is -3.49. The van der Waals surface area contributed by atoms with Crippen molar-refractivity contribution in [1.29, 1.82) is 0 Å². The minimum absolute atomic E-state index is 0.00258. The number of ketones is 2. The van der Waals surface area contributed by atoms with Crippen molar-refractivity contribution in [3.8, 4) is 0 Å². The number of unbranched alkanes of at least 4 members (excludes halogenated alkanes) is 3. The third kappa shape index (κ3) is 5.51. The van der Waals surface area contributed by atoms with Gasteiger partial charge in [0.2, 0.25) is 0 Å². The van der Waals surface area contributed by atoms with Gasteiger partial charge in [0.05, 0.1) is 0 Å². The molecule has 0 radical (unpaired) electrons. The zero-order chi connectivity index (χ0) is 27.0. The van der Waals surface area contributed by atoms with Crippen LogP contribution in [-0.4, -0.2) is 31.9 Å². The van der Waals surface area contributed by atoms with Crippen LogP contribution < -0.4 is 15.9 Å². The van der Waals surface area contributed by atoms with Gasteiger partial charge in [0.1, 0.15) is 0 Å². The Morgan fingerprint density at radius 1 is 0.579 bits per heavy atom. The Bertz CT molecular complexity index is 1210. The SMILES string of the molecule is COC1=C(OC)C(=O)C(CCCCCC[PH](c2ccccc2)(c2ccccc2)c2ccccc2)=C(C)C1=O. The molecule has 5 heteroatoms. The van der Waals surface area contributed by atoms with E-state index in [1.807, 2.05) is 0 Å². The van der Waals surface area contributed by atoms with Gasteiger partial charge in [-0.2, -0.15) is 0 Å². The summed E-state index contributed by atoms with van der Waals surface area (Å²) in [7, 11) is 0.575. The van der Waals surface area contributed by atoms with E-state index >= 15 is 0 Å². The van der Waals surface area contributed by atoms with Gasteiger partial charge in [0, 0.05) is 0 Å². The number of ether oxygens (including phenoxy) is 2. The predicted molar refractivity (Wildman–Crippen MR) is 158 cm³/mol. The van der Waals surface area contributed by atoms with Gasteiger partial charge in [-0.15, -0.1) is 0 Å². The van der Waals surface area contributed by atoms with Crippen molar-refractivity contribution in [2.24, 2.45) is 0 Å². The van der Waals surface area contributed by atoms with Crippen LogP contribution in [0.25, 0.3) is 0 Å². The fourth-order valence-corrected chi connectivity index (χ4v) is 10.6. The summed E-state index contributed by atoms with van der Waals surface area (Å²) in [6.07, 6.45) is 5.67. The quantitative estimate of drug-likeness (QED) is 0.174. The molecule has 0 amide bonds. The number of hydrogen-bond acceptors (Lipinski definition) is 4. The van der Waals surface area contributed by atoms with Gasteiger partial charge in [0.25, 0.3) is 0 Å². The summed E-state index contributed by atoms with van der Waals surface area (Å²) in [5, 5.41) is 4.28. The second kappa shape index (κ2) is 12.8. The molecule has 0 aliphatic heterocycles. The summed E-state index contributed by atoms with van der Waals surface area (Å²) in [5.74, 6) is -0.473. The third-order valence-corrected chi connectivity index (χ3v) is 12.7. The fraction of sp³-hybridized carbons (Fsp3) is 0.273. The van der Waals surface area contributed by atoms with Gasteiger partial charge >= 0.3 is 227 Å². The second-order valence-corrected chi connectivity index (χ2v) is 13.8. The molecule has 0 saturated heterocycles. The van der Waals surface area contributed by atoms with Crippen molar-refractivity contribution in [3.63, 3.8) is 0 Å². The van der Waals surface area contributed by atoms with E-state index in [9.17, 15) is 9.59 Å². The molecule has 4 nitrogen and oxygen atoms in total. The topological polar surface area (TPSA) is 52.6 Å². The molecule has 0 saturated carbocycles. The van der Waals surface area contributed by atoms with E-state index in [1.54, 1.807) is 6.92 Å². The van der Waals surface area contributed by atoms with E-state index in [2.05, 4.69) is 91.0 Å². The van der Waals surface area contributed by atoms with Crippen LogP contribution in [0.3, 0.4) is 0 Å². The van der Waals surface area contributed by atoms with E-state index in [4.69, 9.17) is 9.47 Å². The maximum absolute atomic E-state index is 12.9. The van der Waals surface area contributed by atoms with Crippen LogP contribution >= 0.6 is 7.26 Å². The number of methoxy groups -OCH3 is 2. The number of Topliss-reactive ketones (excluding diaryl/α,β-unsaturated/α-hetero) is 2. The van der Waals surface area contributed by atoms with Crippen LogP contribution in [0, 0.1) is 0 Å². The number of carbonyl (C=O) groups excluding carboxylic acids is 2. The van der Waals surface area contributed by atoms with Crippen molar-refractivity contribution in [1.82, 2.24) is 0 Å². The average molecular weight is 529 g/mol. The van der Waals surface area contributed by atoms with Crippen LogP contribution in [-0.2, 0) is 19.1 Å². The maximum atomic E-state index is 12.9. The van der Waals surface area contributed by atoms with Crippen LogP contribution in [0.5, 0.6) is 0 Å². The average Bonchev–Trinajstić information content (AvgIpc) is 2.97. The molecule has 0 heterocycles. The van der Waals surface area contributed by atoms with Gasteiger partial charge in [-0.1, -0.05) is 0 Å². The van der Waals surface area contributed by atoms with Crippen molar-refractivity contribution in [3.05, 3.63) is 114 Å². The summed E-state index contributed by atoms with van der Waals surface area (Å²) in [6.45, 7) is 1.71. The van der Waals surface area contributed by atoms with Crippen LogP contribution in [0.2, 0.25) is 0 Å². The molecule has 3 aromatic rings. The van der Waals surface area contributed by atoms with E-state index in [0.29, 0.717) is 17.6 Å². The zero-order valence-electron chi connectivity index (χ0n) is 22.5. The van der Waals surface area contributed by atoms with Gasteiger partial charge < -0.3 is 0 Å². The van der Waals surface area contributed by atoms with Crippen LogP contribution in [0.4, 0.5) is 0 Å². The predicted octanol–water partition coefficient (Wildman–Crippen LogP) is 5.64. The Balaban J connectivity index is 1.48. The van der Waals surface area contributed by atoms with E-state index in [1.165, 1.54) is 30.1 Å². The monoisotopic (exact) mass is 528 g/mol. The summed E-state index contributed by atoms with van der Waals surface area (Å²) in [5.41, 5.74) is 1.02. The molecule has 0 atom stereocenters. The number of rotatable bonds is 12. The van der Waals surface area contributed by atoms with Gasteiger partial charge in [-0.05, 0) is 0 Å². The van der Waals surface area contributed by atoms with Crippen LogP contribution in [0.1, 0.15) is 39.0 Å². The molecule has 1 aliphatic rings. The van der Waals surface area contributed by atoms with Crippen molar-refractivity contribution in [2.75, 3.05) is 20.4 Å². The van der Waals surface area contributed by atoms with E-state index < -0.39 is 7.26 Å². The molecule has 0 aromatic heterocycles. The normalized spacial score (nSPS) is 14.6. The zero-order valence-corrected chi connectivity index (χ0v) is 23.5. The summed E-state index contributed by atoms with van der Waals surface area (Å²) >= 11 is 0. The molecule has 0 N–H and O–H groups in total. The first-order chi connectivity index (χ1) is 18.5. The number of allylic oxidation sites excluding steroid dienone is 2. The molecule has 1 aliphatic carbocycles. The van der Waals surface area contributed by atoms with Gasteiger partial charge in [0.15, 0.2) is 0 Å². The second-order valence-electron chi connectivity index (χ2n) is 9.75. The molecular weight excluding hydrogens is 491 g/mol. The van der Waals surface area contributed by atoms with Crippen molar-refractivity contribution >= 4 is 34.7 Å². The Morgan fingerprint density at radius 2 is 1.00 bits per heavy atom. The first kappa shape index (κ1) is 27.5. The number of benzene rings is 3. The molecule has 0 fully saturated rings. The van der Waals surface area contributed by atoms with Crippen LogP contribution in [0.15, 0.2) is 114 Å². The molecular formula is C33H37O4P. The summed E-state index contributed by atoms with van der Waals surface area (Å²) < 4.78 is 10.4. The van der Waals surface area contributed by atoms with E-state index in [0.717, 1.165) is 31.8 Å². The Labute approximate surface area is 226 Å². The first-order valence-electron chi connectivity index (χ1n) is 13.3. The summed E-state index contributed by atoms with van der Waals surface area (Å²) in [4.78, 5) is 25.6. The Morgan fingerprint density at radius 3 is 1.45 bits per heavy atom. The summed E-state index contributed by atoms with van der Waals surface area (Å²) in [6, 6.07) is 32.9. The molecule has 0 spiro atoms. The Kier molecular flexibility index (Phi) is 9.31. The van der Waals surface area contributed by atoms with Gasteiger partial charge in [-0.3, -0.25) is 0 Å². The van der Waals surface area contributed by atoms with E-state index in [-0.39, 0.29) is 23.1 Å². The number of hydrogen-bond donors (Lipinski definition) is 0.